The van der Waals surface area contributed by atoms with Crippen molar-refractivity contribution in [2.45, 2.75) is 6.54 Å². The van der Waals surface area contributed by atoms with Crippen molar-refractivity contribution in [3.05, 3.63) is 96.6 Å². The van der Waals surface area contributed by atoms with Crippen LogP contribution < -0.4 is 0 Å². The van der Waals surface area contributed by atoms with Crippen molar-refractivity contribution >= 4 is 43.6 Å². The highest BCUT2D eigenvalue weighted by Crippen LogP contribution is 2.31. The molecule has 6 rings (SSSR count). The Hall–Kier alpha value is -3.52. The van der Waals surface area contributed by atoms with Gasteiger partial charge in [-0.3, -0.25) is 0 Å². The van der Waals surface area contributed by atoms with E-state index in [1.165, 1.54) is 49.2 Å². The molecule has 2 aromatic heterocycles. The smallest absolute Gasteiger partial charge is 0.0494 e. The first kappa shape index (κ1) is 14.6. The zero-order chi connectivity index (χ0) is 17.8. The van der Waals surface area contributed by atoms with Crippen LogP contribution in [-0.2, 0) is 6.54 Å². The van der Waals surface area contributed by atoms with Gasteiger partial charge in [0.15, 0.2) is 0 Å². The monoisotopic (exact) mass is 346 g/mol. The van der Waals surface area contributed by atoms with Crippen molar-refractivity contribution in [2.75, 3.05) is 0 Å². The van der Waals surface area contributed by atoms with Crippen molar-refractivity contribution in [2.24, 2.45) is 0 Å². The number of nitrogens with zero attached hydrogens (tertiary/aromatic N) is 1. The van der Waals surface area contributed by atoms with Gasteiger partial charge < -0.3 is 9.55 Å². The largest absolute Gasteiger partial charge is 0.355 e. The number of aromatic amines is 1. The molecule has 27 heavy (non-hydrogen) atoms. The first-order chi connectivity index (χ1) is 13.4. The van der Waals surface area contributed by atoms with E-state index in [9.17, 15) is 0 Å². The molecule has 0 spiro atoms. The first-order valence-electron chi connectivity index (χ1n) is 9.34. The lowest BCUT2D eigenvalue weighted by molar-refractivity contribution is 0.870. The number of aromatic nitrogens is 2. The summed E-state index contributed by atoms with van der Waals surface area (Å²) in [6.07, 6.45) is 0. The van der Waals surface area contributed by atoms with Crippen LogP contribution in [0.5, 0.6) is 0 Å². The molecule has 6 aromatic rings. The van der Waals surface area contributed by atoms with E-state index in [-0.39, 0.29) is 0 Å². The van der Waals surface area contributed by atoms with Gasteiger partial charge in [-0.2, -0.15) is 0 Å². The molecule has 0 saturated heterocycles. The fourth-order valence-electron chi connectivity index (χ4n) is 4.35. The number of rotatable bonds is 2. The highest BCUT2D eigenvalue weighted by molar-refractivity contribution is 6.09. The number of para-hydroxylation sites is 3. The van der Waals surface area contributed by atoms with E-state index in [4.69, 9.17) is 0 Å². The quantitative estimate of drug-likeness (QED) is 0.370. The Kier molecular flexibility index (Phi) is 2.97. The van der Waals surface area contributed by atoms with E-state index < -0.39 is 0 Å². The number of H-pyrrole nitrogens is 1. The normalized spacial score (nSPS) is 11.9. The van der Waals surface area contributed by atoms with Gasteiger partial charge in [0.05, 0.1) is 0 Å². The average molecular weight is 346 g/mol. The number of hydrogen-bond donors (Lipinski definition) is 1. The number of nitrogens with one attached hydrogen (secondary N) is 1. The van der Waals surface area contributed by atoms with Crippen LogP contribution >= 0.6 is 0 Å². The molecule has 0 bridgehead atoms. The molecule has 0 atom stereocenters. The summed E-state index contributed by atoms with van der Waals surface area (Å²) < 4.78 is 2.43. The van der Waals surface area contributed by atoms with Gasteiger partial charge in [-0.15, -0.1) is 0 Å². The molecule has 0 radical (unpaired) electrons. The van der Waals surface area contributed by atoms with Gasteiger partial charge >= 0.3 is 0 Å². The molecule has 0 unspecified atom stereocenters. The second-order valence-corrected chi connectivity index (χ2v) is 7.17. The lowest BCUT2D eigenvalue weighted by Gasteiger charge is -2.08. The number of fused-ring (bicyclic) bond motifs is 6. The van der Waals surface area contributed by atoms with Crippen LogP contribution in [0.4, 0.5) is 0 Å². The lowest BCUT2D eigenvalue weighted by atomic mass is 10.1. The highest BCUT2D eigenvalue weighted by atomic mass is 15.0. The van der Waals surface area contributed by atoms with Crippen molar-refractivity contribution in [1.82, 2.24) is 9.55 Å². The van der Waals surface area contributed by atoms with E-state index >= 15 is 0 Å². The van der Waals surface area contributed by atoms with Crippen LogP contribution in [0.15, 0.2) is 91.0 Å². The van der Waals surface area contributed by atoms with Crippen molar-refractivity contribution in [1.29, 1.82) is 0 Å². The topological polar surface area (TPSA) is 20.7 Å². The van der Waals surface area contributed by atoms with Gasteiger partial charge in [0.1, 0.15) is 0 Å². The Morgan fingerprint density at radius 3 is 1.89 bits per heavy atom. The first-order valence-corrected chi connectivity index (χ1v) is 9.34. The predicted octanol–water partition coefficient (Wildman–Crippen LogP) is 6.48. The summed E-state index contributed by atoms with van der Waals surface area (Å²) in [5, 5.41) is 5.22. The SMILES string of the molecule is c1ccc2c(c1)[nH]c1ccc(Cn3c4ccccc4c4ccccc43)cc12. The summed E-state index contributed by atoms with van der Waals surface area (Å²) in [7, 11) is 0. The maximum atomic E-state index is 3.52. The van der Waals surface area contributed by atoms with Crippen LogP contribution in [-0.4, -0.2) is 9.55 Å². The van der Waals surface area contributed by atoms with E-state index in [0.717, 1.165) is 6.54 Å². The second-order valence-electron chi connectivity index (χ2n) is 7.17. The van der Waals surface area contributed by atoms with Crippen molar-refractivity contribution < 1.29 is 0 Å². The molecule has 0 fully saturated rings. The van der Waals surface area contributed by atoms with Gasteiger partial charge in [-0.25, -0.2) is 0 Å². The Bertz CT molecular complexity index is 1400. The number of hydrogen-bond acceptors (Lipinski definition) is 0. The molecule has 0 saturated carbocycles. The fraction of sp³-hybridized carbons (Fsp3) is 0.0400. The van der Waals surface area contributed by atoms with Gasteiger partial charge in [0, 0.05) is 50.2 Å². The Morgan fingerprint density at radius 1 is 0.556 bits per heavy atom. The third-order valence-corrected chi connectivity index (χ3v) is 5.59. The molecule has 2 heteroatoms. The summed E-state index contributed by atoms with van der Waals surface area (Å²) in [6, 6.07) is 32.7. The average Bonchev–Trinajstić information content (AvgIpc) is 3.25. The molecule has 128 valence electrons. The number of benzene rings is 4. The van der Waals surface area contributed by atoms with E-state index in [1.54, 1.807) is 0 Å². The predicted molar refractivity (Wildman–Crippen MR) is 114 cm³/mol. The molecule has 0 aliphatic carbocycles. The van der Waals surface area contributed by atoms with Crippen molar-refractivity contribution in [3.63, 3.8) is 0 Å². The minimum atomic E-state index is 0.865. The molecule has 1 N–H and O–H groups in total. The summed E-state index contributed by atoms with van der Waals surface area (Å²) in [5.41, 5.74) is 6.29. The standard InChI is InChI=1S/C25H18N2/c1-4-10-22-18(7-1)21-15-17(13-14-23(21)26-22)16-27-24-11-5-2-8-19(24)20-9-3-6-12-25(20)27/h1-15,26H,16H2. The summed E-state index contributed by atoms with van der Waals surface area (Å²) in [5.74, 6) is 0. The third kappa shape index (κ3) is 2.13. The van der Waals surface area contributed by atoms with Crippen LogP contribution in [0.1, 0.15) is 5.56 Å². The molecular formula is C25H18N2. The van der Waals surface area contributed by atoms with Crippen LogP contribution in [0.25, 0.3) is 43.6 Å². The zero-order valence-corrected chi connectivity index (χ0v) is 14.8. The highest BCUT2D eigenvalue weighted by Gasteiger charge is 2.11. The molecule has 0 aliphatic rings. The van der Waals surface area contributed by atoms with Gasteiger partial charge in [0.2, 0.25) is 0 Å². The summed E-state index contributed by atoms with van der Waals surface area (Å²) in [4.78, 5) is 3.52. The van der Waals surface area contributed by atoms with Gasteiger partial charge in [-0.05, 0) is 35.9 Å². The van der Waals surface area contributed by atoms with E-state index in [1.807, 2.05) is 0 Å². The van der Waals surface area contributed by atoms with Crippen LogP contribution in [0.3, 0.4) is 0 Å². The van der Waals surface area contributed by atoms with Crippen LogP contribution in [0, 0.1) is 0 Å². The Labute approximate surface area is 156 Å². The molecule has 2 heterocycles. The van der Waals surface area contributed by atoms with Crippen molar-refractivity contribution in [3.8, 4) is 0 Å². The van der Waals surface area contributed by atoms with Gasteiger partial charge in [0.25, 0.3) is 0 Å². The minimum Gasteiger partial charge on any atom is -0.355 e. The summed E-state index contributed by atoms with van der Waals surface area (Å²) >= 11 is 0. The Balaban J connectivity index is 1.57. The third-order valence-electron chi connectivity index (χ3n) is 5.59. The lowest BCUT2D eigenvalue weighted by Crippen LogP contribution is -1.99. The molecule has 0 amide bonds. The Morgan fingerprint density at radius 2 is 1.15 bits per heavy atom. The van der Waals surface area contributed by atoms with Crippen LogP contribution in [0.2, 0.25) is 0 Å². The van der Waals surface area contributed by atoms with Gasteiger partial charge in [-0.1, -0.05) is 60.7 Å². The molecule has 0 aliphatic heterocycles. The minimum absolute atomic E-state index is 0.865. The van der Waals surface area contributed by atoms with E-state index in [2.05, 4.69) is 101 Å². The van der Waals surface area contributed by atoms with E-state index in [0.29, 0.717) is 0 Å². The maximum absolute atomic E-state index is 3.52. The fourth-order valence-corrected chi connectivity index (χ4v) is 4.35. The zero-order valence-electron chi connectivity index (χ0n) is 14.8. The summed E-state index contributed by atoms with van der Waals surface area (Å²) in [6.45, 7) is 0.865. The maximum Gasteiger partial charge on any atom is 0.0494 e. The molecule has 2 nitrogen and oxygen atoms in total. The second kappa shape index (κ2) is 5.49. The molecular weight excluding hydrogens is 328 g/mol. The molecule has 4 aromatic carbocycles.